The highest BCUT2D eigenvalue weighted by atomic mass is 16.6. The fourth-order valence-corrected chi connectivity index (χ4v) is 6.32. The van der Waals surface area contributed by atoms with E-state index >= 15 is 0 Å². The maximum absolute atomic E-state index is 14.6. The summed E-state index contributed by atoms with van der Waals surface area (Å²) < 4.78 is 34.3. The van der Waals surface area contributed by atoms with Gasteiger partial charge in [-0.15, -0.1) is 0 Å². The lowest BCUT2D eigenvalue weighted by atomic mass is 9.72. The molecule has 250 valence electrons. The highest BCUT2D eigenvalue weighted by Crippen LogP contribution is 2.54. The van der Waals surface area contributed by atoms with Crippen LogP contribution in [0.5, 0.6) is 0 Å². The summed E-state index contributed by atoms with van der Waals surface area (Å²) in [7, 11) is 0. The number of Topliss-reactive ketones (excluding diaryl/α,β-unsaturated/α-hetero) is 1. The van der Waals surface area contributed by atoms with Gasteiger partial charge >= 0.3 is 35.8 Å². The van der Waals surface area contributed by atoms with Crippen molar-refractivity contribution in [3.05, 3.63) is 24.3 Å². The predicted molar refractivity (Wildman–Crippen MR) is 156 cm³/mol. The van der Waals surface area contributed by atoms with Gasteiger partial charge in [0, 0.05) is 71.3 Å². The highest BCUT2D eigenvalue weighted by molar-refractivity contribution is 5.94. The zero-order chi connectivity index (χ0) is 34.7. The summed E-state index contributed by atoms with van der Waals surface area (Å²) in [5.74, 6) is -8.02. The second-order valence-electron chi connectivity index (χ2n) is 12.5. The van der Waals surface area contributed by atoms with E-state index in [2.05, 4.69) is 6.58 Å². The van der Waals surface area contributed by atoms with Gasteiger partial charge in [-0.25, -0.2) is 0 Å². The zero-order valence-electron chi connectivity index (χ0n) is 27.5. The van der Waals surface area contributed by atoms with Crippen LogP contribution in [-0.2, 0) is 62.0 Å². The molecule has 0 amide bonds. The smallest absolute Gasteiger partial charge is 0.303 e. The van der Waals surface area contributed by atoms with Crippen molar-refractivity contribution in [1.82, 2.24) is 0 Å². The number of carbonyl (C=O) groups is 7. The standard InChI is InChI=1S/C32H44O13/c1-16-12-13-30(9,10)25(41-19(4)34)14-24(40-18(3)33)17(2)27(42-20(5)35)26-29(43-21(6)36)31(11,44-22(7)37)15-32(26,28(16)39)45-23(8)38/h12-13,16,24-27,29H,2,14-15H2,1,3-11H3/b13-12+/t16-,24-,25-,26+,27+,29-,31-,32-/m1/s1. The van der Waals surface area contributed by atoms with Crippen molar-refractivity contribution < 1.29 is 62.0 Å². The molecule has 13 nitrogen and oxygen atoms in total. The maximum Gasteiger partial charge on any atom is 0.303 e. The molecule has 0 unspecified atom stereocenters. The molecule has 0 bridgehead atoms. The Labute approximate surface area is 262 Å². The summed E-state index contributed by atoms with van der Waals surface area (Å²) in [4.78, 5) is 89.5. The predicted octanol–water partition coefficient (Wildman–Crippen LogP) is 3.10. The molecule has 2 aliphatic rings. The quantitative estimate of drug-likeness (QED) is 0.236. The first-order chi connectivity index (χ1) is 20.6. The van der Waals surface area contributed by atoms with Crippen LogP contribution in [0.1, 0.15) is 82.1 Å². The average Bonchev–Trinajstić information content (AvgIpc) is 3.08. The second kappa shape index (κ2) is 13.9. The minimum absolute atomic E-state index is 0.0934. The Morgan fingerprint density at radius 2 is 1.27 bits per heavy atom. The van der Waals surface area contributed by atoms with Crippen LogP contribution >= 0.6 is 0 Å². The average molecular weight is 637 g/mol. The van der Waals surface area contributed by atoms with Gasteiger partial charge in [-0.1, -0.05) is 39.5 Å². The molecule has 0 aromatic heterocycles. The normalized spacial score (nSPS) is 33.6. The van der Waals surface area contributed by atoms with Gasteiger partial charge in [-0.3, -0.25) is 33.6 Å². The first kappa shape index (κ1) is 37.2. The molecular formula is C32H44O13. The number of ketones is 1. The number of rotatable bonds is 6. The lowest BCUT2D eigenvalue weighted by Crippen LogP contribution is -2.57. The van der Waals surface area contributed by atoms with E-state index in [9.17, 15) is 33.6 Å². The Hall–Kier alpha value is -4.03. The van der Waals surface area contributed by atoms with E-state index < -0.39 is 101 Å². The van der Waals surface area contributed by atoms with E-state index in [0.717, 1.165) is 34.6 Å². The molecule has 13 heteroatoms. The molecular weight excluding hydrogens is 592 g/mol. The summed E-state index contributed by atoms with van der Waals surface area (Å²) >= 11 is 0. The van der Waals surface area contributed by atoms with E-state index in [0.29, 0.717) is 0 Å². The van der Waals surface area contributed by atoms with Crippen LogP contribution in [0.4, 0.5) is 0 Å². The lowest BCUT2D eigenvalue weighted by Gasteiger charge is -2.42. The molecule has 0 radical (unpaired) electrons. The summed E-state index contributed by atoms with van der Waals surface area (Å²) in [5.41, 5.74) is -5.05. The minimum Gasteiger partial charge on any atom is -0.461 e. The maximum atomic E-state index is 14.6. The molecule has 0 aromatic rings. The van der Waals surface area contributed by atoms with E-state index in [4.69, 9.17) is 28.4 Å². The van der Waals surface area contributed by atoms with Gasteiger partial charge < -0.3 is 28.4 Å². The fraction of sp³-hybridized carbons (Fsp3) is 0.656. The van der Waals surface area contributed by atoms with Crippen molar-refractivity contribution >= 4 is 41.6 Å². The van der Waals surface area contributed by atoms with Crippen molar-refractivity contribution in [2.24, 2.45) is 17.3 Å². The topological polar surface area (TPSA) is 175 Å². The third-order valence-corrected chi connectivity index (χ3v) is 7.99. The fourth-order valence-electron chi connectivity index (χ4n) is 6.32. The number of allylic oxidation sites excluding steroid dienone is 1. The van der Waals surface area contributed by atoms with Crippen molar-refractivity contribution in [1.29, 1.82) is 0 Å². The number of hydrogen-bond acceptors (Lipinski definition) is 13. The monoisotopic (exact) mass is 636 g/mol. The number of ether oxygens (including phenoxy) is 6. The summed E-state index contributed by atoms with van der Waals surface area (Å²) in [5, 5.41) is 0. The summed E-state index contributed by atoms with van der Waals surface area (Å²) in [6.45, 7) is 17.2. The van der Waals surface area contributed by atoms with Crippen molar-refractivity contribution in [2.45, 2.75) is 118 Å². The molecule has 0 heterocycles. The lowest BCUT2D eigenvalue weighted by molar-refractivity contribution is -0.190. The van der Waals surface area contributed by atoms with Crippen molar-refractivity contribution in [2.75, 3.05) is 0 Å². The molecule has 0 spiro atoms. The third-order valence-electron chi connectivity index (χ3n) is 7.99. The largest absolute Gasteiger partial charge is 0.461 e. The van der Waals surface area contributed by atoms with Crippen molar-refractivity contribution in [3.63, 3.8) is 0 Å². The third kappa shape index (κ3) is 8.58. The van der Waals surface area contributed by atoms with Crippen LogP contribution in [0.3, 0.4) is 0 Å². The van der Waals surface area contributed by atoms with Crippen LogP contribution in [0.2, 0.25) is 0 Å². The molecule has 8 atom stereocenters. The van der Waals surface area contributed by atoms with E-state index in [-0.39, 0.29) is 12.0 Å². The molecule has 0 aliphatic heterocycles. The second-order valence-corrected chi connectivity index (χ2v) is 12.5. The Morgan fingerprint density at radius 3 is 1.73 bits per heavy atom. The van der Waals surface area contributed by atoms with Gasteiger partial charge in [-0.05, 0) is 6.92 Å². The molecule has 0 aromatic carbocycles. The Kier molecular flexibility index (Phi) is 11.5. The Bertz CT molecular complexity index is 1280. The molecule has 0 N–H and O–H groups in total. The molecule has 0 saturated heterocycles. The van der Waals surface area contributed by atoms with Gasteiger partial charge in [0.1, 0.15) is 18.3 Å². The number of esters is 6. The Morgan fingerprint density at radius 1 is 0.756 bits per heavy atom. The molecule has 2 aliphatic carbocycles. The number of hydrogen-bond donors (Lipinski definition) is 0. The Balaban J connectivity index is 3.11. The van der Waals surface area contributed by atoms with Gasteiger partial charge in [0.25, 0.3) is 0 Å². The van der Waals surface area contributed by atoms with E-state index in [1.807, 2.05) is 0 Å². The van der Waals surface area contributed by atoms with E-state index in [1.54, 1.807) is 32.9 Å². The highest BCUT2D eigenvalue weighted by Gasteiger charge is 2.71. The van der Waals surface area contributed by atoms with Crippen LogP contribution in [0, 0.1) is 17.3 Å². The van der Waals surface area contributed by atoms with Crippen LogP contribution in [0.25, 0.3) is 0 Å². The molecule has 2 rings (SSSR count). The van der Waals surface area contributed by atoms with Gasteiger partial charge in [0.15, 0.2) is 23.1 Å². The van der Waals surface area contributed by atoms with Gasteiger partial charge in [0.05, 0.1) is 5.92 Å². The summed E-state index contributed by atoms with van der Waals surface area (Å²) in [6, 6.07) is 0. The molecule has 45 heavy (non-hydrogen) atoms. The molecule has 1 fully saturated rings. The first-order valence-electron chi connectivity index (χ1n) is 14.6. The minimum atomic E-state index is -2.22. The summed E-state index contributed by atoms with van der Waals surface area (Å²) in [6.07, 6.45) is -2.86. The van der Waals surface area contributed by atoms with Crippen LogP contribution in [-0.4, -0.2) is 77.2 Å². The van der Waals surface area contributed by atoms with Crippen LogP contribution < -0.4 is 0 Å². The van der Waals surface area contributed by atoms with Crippen molar-refractivity contribution in [3.8, 4) is 0 Å². The SMILES string of the molecule is C=C1[C@H](OC(C)=O)C[C@@H](OC(C)=O)C(C)(C)/C=C/[C@@H](C)C(=O)[C@@]2(OC(C)=O)C[C@@](C)(OC(C)=O)[C@H](OC(C)=O)[C@@H]2[C@H]1OC(C)=O. The zero-order valence-corrected chi connectivity index (χ0v) is 27.5. The number of fused-ring (bicyclic) bond motifs is 1. The van der Waals surface area contributed by atoms with Gasteiger partial charge in [0.2, 0.25) is 0 Å². The van der Waals surface area contributed by atoms with Crippen LogP contribution in [0.15, 0.2) is 24.3 Å². The van der Waals surface area contributed by atoms with E-state index in [1.165, 1.54) is 13.8 Å². The molecule has 1 saturated carbocycles. The first-order valence-corrected chi connectivity index (χ1v) is 14.6. The number of carbonyl (C=O) groups excluding carboxylic acids is 7. The van der Waals surface area contributed by atoms with Gasteiger partial charge in [-0.2, -0.15) is 0 Å².